The quantitative estimate of drug-likeness (QED) is 0.274. The number of anilines is 1. The fourth-order valence-electron chi connectivity index (χ4n) is 3.67. The highest BCUT2D eigenvalue weighted by molar-refractivity contribution is 7.52. The number of carbonyl (C=O) groups excluding carboxylic acids is 1. The lowest BCUT2D eigenvalue weighted by atomic mass is 9.84. The van der Waals surface area contributed by atoms with E-state index >= 15 is 0 Å². The third kappa shape index (κ3) is 6.78. The van der Waals surface area contributed by atoms with E-state index in [-0.39, 0.29) is 24.1 Å². The van der Waals surface area contributed by atoms with Crippen LogP contribution in [0.4, 0.5) is 5.82 Å². The summed E-state index contributed by atoms with van der Waals surface area (Å²) in [6, 6.07) is 10.4. The molecule has 1 fully saturated rings. The van der Waals surface area contributed by atoms with Crippen molar-refractivity contribution < 1.29 is 33.0 Å². The minimum atomic E-state index is -4.26. The molecule has 1 saturated heterocycles. The van der Waals surface area contributed by atoms with Crippen LogP contribution >= 0.6 is 7.75 Å². The summed E-state index contributed by atoms with van der Waals surface area (Å²) in [6.07, 6.45) is -2.60. The number of para-hydroxylation sites is 1. The number of benzene rings is 1. The number of nitrogen functional groups attached to an aromatic ring is 1. The molecule has 38 heavy (non-hydrogen) atoms. The third-order valence-electron chi connectivity index (χ3n) is 5.77. The van der Waals surface area contributed by atoms with Crippen LogP contribution in [0.1, 0.15) is 33.9 Å². The van der Waals surface area contributed by atoms with E-state index in [0.29, 0.717) is 0 Å². The number of hydrogen-bond donors (Lipinski definition) is 3. The van der Waals surface area contributed by atoms with Crippen molar-refractivity contribution in [1.82, 2.24) is 14.6 Å². The molecule has 6 unspecified atom stereocenters. The van der Waals surface area contributed by atoms with Gasteiger partial charge in [0, 0.05) is 6.20 Å². The van der Waals surface area contributed by atoms with Gasteiger partial charge >= 0.3 is 19.4 Å². The predicted octanol–water partition coefficient (Wildman–Crippen LogP) is 1.99. The molecule has 2 aromatic rings. The van der Waals surface area contributed by atoms with Gasteiger partial charge in [-0.1, -0.05) is 32.0 Å². The van der Waals surface area contributed by atoms with Crippen LogP contribution in [-0.2, 0) is 23.4 Å². The van der Waals surface area contributed by atoms with Crippen LogP contribution in [0.25, 0.3) is 0 Å². The van der Waals surface area contributed by atoms with E-state index in [1.165, 1.54) is 26.1 Å². The summed E-state index contributed by atoms with van der Waals surface area (Å²) in [4.78, 5) is 28.4. The van der Waals surface area contributed by atoms with Gasteiger partial charge in [0.05, 0.1) is 19.3 Å². The van der Waals surface area contributed by atoms with E-state index in [0.717, 1.165) is 4.57 Å². The van der Waals surface area contributed by atoms with E-state index in [9.17, 15) is 24.5 Å². The number of hydrogen-bond acceptors (Lipinski definition) is 11. The fraction of sp³-hybridized carbons (Fsp3) is 0.500. The van der Waals surface area contributed by atoms with Gasteiger partial charge in [-0.2, -0.15) is 15.3 Å². The molecule has 0 aliphatic carbocycles. The molecule has 1 aliphatic rings. The molecule has 2 heterocycles. The zero-order chi connectivity index (χ0) is 28.1. The minimum Gasteiger partial charge on any atom is -0.464 e. The van der Waals surface area contributed by atoms with Crippen LogP contribution in [0.15, 0.2) is 47.4 Å². The summed E-state index contributed by atoms with van der Waals surface area (Å²) in [5, 5.41) is 23.4. The average Bonchev–Trinajstić information content (AvgIpc) is 3.12. The van der Waals surface area contributed by atoms with E-state index in [4.69, 9.17) is 24.3 Å². The smallest absolute Gasteiger partial charge is 0.459 e. The predicted molar refractivity (Wildman–Crippen MR) is 136 cm³/mol. The summed E-state index contributed by atoms with van der Waals surface area (Å²) in [7, 11) is -4.26. The summed E-state index contributed by atoms with van der Waals surface area (Å²) in [6.45, 7) is 6.26. The van der Waals surface area contributed by atoms with Gasteiger partial charge in [-0.05, 0) is 38.0 Å². The highest BCUT2D eigenvalue weighted by Crippen LogP contribution is 2.48. The standard InChI is InChI=1S/C24H32N5O8P/c1-15(2)12-34-21(31)16(3)28-38(33,37-17-8-6-5-7-9-17)35-13-18-20(30)24(4,14-25)22(36-18)29-11-10-19(26)27-23(29)32/h5-11,15-16,18,20,22,30H,12-13H2,1-4H3,(H,28,33)(H2,26,27,32). The molecule has 14 heteroatoms. The molecule has 6 atom stereocenters. The Morgan fingerprint density at radius 2 is 2.03 bits per heavy atom. The molecular formula is C24H32N5O8P. The summed E-state index contributed by atoms with van der Waals surface area (Å²) >= 11 is 0. The second kappa shape index (κ2) is 12.1. The first-order chi connectivity index (χ1) is 17.9. The molecule has 0 saturated carbocycles. The SMILES string of the molecule is CC(C)COC(=O)C(C)NP(=O)(OCC1OC(n2ccc(N)nc2=O)C(C)(C#N)C1O)Oc1ccccc1. The molecule has 4 N–H and O–H groups in total. The van der Waals surface area contributed by atoms with Crippen molar-refractivity contribution in [2.24, 2.45) is 11.3 Å². The van der Waals surface area contributed by atoms with Gasteiger partial charge in [0.15, 0.2) is 6.23 Å². The lowest BCUT2D eigenvalue weighted by molar-refractivity contribution is -0.146. The summed E-state index contributed by atoms with van der Waals surface area (Å²) in [5.74, 6) is -0.390. The third-order valence-corrected chi connectivity index (χ3v) is 7.41. The number of aliphatic hydroxyl groups is 1. The Bertz CT molecular complexity index is 1270. The van der Waals surface area contributed by atoms with Crippen molar-refractivity contribution in [3.63, 3.8) is 0 Å². The molecule has 0 radical (unpaired) electrons. The number of nitrogens with two attached hydrogens (primary N) is 1. The molecule has 1 aromatic heterocycles. The van der Waals surface area contributed by atoms with Crippen molar-refractivity contribution in [1.29, 1.82) is 5.26 Å². The Labute approximate surface area is 220 Å². The van der Waals surface area contributed by atoms with Gasteiger partial charge in [0.2, 0.25) is 0 Å². The number of carbonyl (C=O) groups is 1. The molecule has 0 amide bonds. The van der Waals surface area contributed by atoms with Crippen molar-refractivity contribution in [3.8, 4) is 11.8 Å². The van der Waals surface area contributed by atoms with Crippen molar-refractivity contribution in [2.45, 2.75) is 52.2 Å². The minimum absolute atomic E-state index is 0.0190. The maximum Gasteiger partial charge on any atom is 0.459 e. The number of nitriles is 1. The van der Waals surface area contributed by atoms with Crippen LogP contribution in [0.3, 0.4) is 0 Å². The first-order valence-corrected chi connectivity index (χ1v) is 13.5. The zero-order valence-corrected chi connectivity index (χ0v) is 22.4. The monoisotopic (exact) mass is 549 g/mol. The Hall–Kier alpha value is -3.27. The molecule has 0 bridgehead atoms. The van der Waals surface area contributed by atoms with Gasteiger partial charge in [0.25, 0.3) is 0 Å². The Morgan fingerprint density at radius 3 is 2.63 bits per heavy atom. The van der Waals surface area contributed by atoms with E-state index in [1.54, 1.807) is 30.3 Å². The average molecular weight is 550 g/mol. The normalized spacial score (nSPS) is 25.3. The number of ether oxygens (including phenoxy) is 2. The van der Waals surface area contributed by atoms with E-state index < -0.39 is 55.9 Å². The van der Waals surface area contributed by atoms with Crippen LogP contribution in [0.2, 0.25) is 0 Å². The van der Waals surface area contributed by atoms with Crippen LogP contribution in [-0.4, -0.2) is 52.1 Å². The van der Waals surface area contributed by atoms with Gasteiger partial charge in [-0.3, -0.25) is 13.9 Å². The maximum absolute atomic E-state index is 13.7. The van der Waals surface area contributed by atoms with Crippen LogP contribution < -0.4 is 21.0 Å². The topological polar surface area (TPSA) is 188 Å². The van der Waals surface area contributed by atoms with Gasteiger partial charge < -0.3 is 24.8 Å². The first kappa shape index (κ1) is 29.3. The van der Waals surface area contributed by atoms with E-state index in [2.05, 4.69) is 10.1 Å². The van der Waals surface area contributed by atoms with Gasteiger partial charge in [-0.25, -0.2) is 9.36 Å². The fourth-order valence-corrected chi connectivity index (χ4v) is 5.17. The molecule has 13 nitrogen and oxygen atoms in total. The Morgan fingerprint density at radius 1 is 1.34 bits per heavy atom. The molecule has 1 aliphatic heterocycles. The number of aromatic nitrogens is 2. The highest BCUT2D eigenvalue weighted by atomic mass is 31.2. The highest BCUT2D eigenvalue weighted by Gasteiger charge is 2.55. The largest absolute Gasteiger partial charge is 0.464 e. The Kier molecular flexibility index (Phi) is 9.30. The molecular weight excluding hydrogens is 517 g/mol. The molecule has 3 rings (SSSR count). The number of aliphatic hydroxyl groups excluding tert-OH is 1. The van der Waals surface area contributed by atoms with Gasteiger partial charge in [0.1, 0.15) is 35.2 Å². The molecule has 206 valence electrons. The lowest BCUT2D eigenvalue weighted by Gasteiger charge is -2.26. The van der Waals surface area contributed by atoms with Crippen molar-refractivity contribution >= 4 is 19.5 Å². The number of nitrogens with zero attached hydrogens (tertiary/aromatic N) is 3. The van der Waals surface area contributed by atoms with E-state index in [1.807, 2.05) is 19.9 Å². The lowest BCUT2D eigenvalue weighted by Crippen LogP contribution is -2.40. The Balaban J connectivity index is 1.81. The van der Waals surface area contributed by atoms with Crippen molar-refractivity contribution in [3.05, 3.63) is 53.1 Å². The number of nitrogens with one attached hydrogen (secondary N) is 1. The zero-order valence-electron chi connectivity index (χ0n) is 21.5. The number of rotatable bonds is 11. The van der Waals surface area contributed by atoms with Gasteiger partial charge in [-0.15, -0.1) is 0 Å². The molecule has 0 spiro atoms. The van der Waals surface area contributed by atoms with Crippen molar-refractivity contribution in [2.75, 3.05) is 18.9 Å². The first-order valence-electron chi connectivity index (χ1n) is 11.9. The van der Waals surface area contributed by atoms with Crippen LogP contribution in [0.5, 0.6) is 5.75 Å². The second-order valence-electron chi connectivity index (χ2n) is 9.48. The second-order valence-corrected chi connectivity index (χ2v) is 11.2. The summed E-state index contributed by atoms with van der Waals surface area (Å²) in [5.41, 5.74) is 3.17. The maximum atomic E-state index is 13.7. The number of esters is 1. The molecule has 1 aromatic carbocycles. The van der Waals surface area contributed by atoms with Crippen LogP contribution in [0, 0.1) is 22.7 Å². The summed E-state index contributed by atoms with van der Waals surface area (Å²) < 4.78 is 37.0.